The Hall–Kier alpha value is -2.35. The van der Waals surface area contributed by atoms with Gasteiger partial charge in [-0.3, -0.25) is 4.98 Å². The van der Waals surface area contributed by atoms with Crippen LogP contribution in [0.15, 0.2) is 24.0 Å². The van der Waals surface area contributed by atoms with E-state index in [-0.39, 0.29) is 19.0 Å². The van der Waals surface area contributed by atoms with E-state index in [1.807, 2.05) is 12.1 Å². The second kappa shape index (κ2) is 5.12. The summed E-state index contributed by atoms with van der Waals surface area (Å²) < 4.78 is 4.95. The molecule has 5 nitrogen and oxygen atoms in total. The molecule has 0 spiro atoms. The number of nitriles is 1. The number of nitrogens with one attached hydrogen (secondary N) is 1. The zero-order chi connectivity index (χ0) is 12.1. The number of pyridine rings is 1. The zero-order valence-electron chi connectivity index (χ0n) is 9.14. The smallest absolute Gasteiger partial charge is 0.335 e. The molecular formula is C12H11N3O2. The van der Waals surface area contributed by atoms with Gasteiger partial charge in [0.25, 0.3) is 0 Å². The number of carbonyl (C=O) groups is 1. The van der Waals surface area contributed by atoms with Crippen molar-refractivity contribution in [1.29, 1.82) is 5.26 Å². The number of ether oxygens (including phenoxy) is 1. The summed E-state index contributed by atoms with van der Waals surface area (Å²) >= 11 is 0. The van der Waals surface area contributed by atoms with E-state index in [0.717, 1.165) is 11.3 Å². The van der Waals surface area contributed by atoms with Gasteiger partial charge in [0.05, 0.1) is 18.1 Å². The van der Waals surface area contributed by atoms with Gasteiger partial charge in [-0.05, 0) is 12.1 Å². The van der Waals surface area contributed by atoms with Crippen molar-refractivity contribution in [3.05, 3.63) is 29.6 Å². The molecule has 2 heterocycles. The first-order valence-electron chi connectivity index (χ1n) is 5.24. The van der Waals surface area contributed by atoms with Crippen LogP contribution in [0.4, 0.5) is 5.69 Å². The number of carbonyl (C=O) groups excluding carboxylic acids is 1. The Kier molecular flexibility index (Phi) is 3.36. The predicted molar refractivity (Wildman–Crippen MR) is 61.9 cm³/mol. The lowest BCUT2D eigenvalue weighted by atomic mass is 10.1. The summed E-state index contributed by atoms with van der Waals surface area (Å²) in [5, 5.41) is 11.5. The first-order chi connectivity index (χ1) is 8.31. The number of nitrogens with zero attached hydrogens (tertiary/aromatic N) is 2. The average Bonchev–Trinajstić information content (AvgIpc) is 2.38. The molecule has 1 N–H and O–H groups in total. The summed E-state index contributed by atoms with van der Waals surface area (Å²) in [4.78, 5) is 15.6. The fourth-order valence-electron chi connectivity index (χ4n) is 1.53. The van der Waals surface area contributed by atoms with E-state index >= 15 is 0 Å². The van der Waals surface area contributed by atoms with E-state index in [4.69, 9.17) is 10.00 Å². The molecule has 2 rings (SSSR count). The molecule has 5 heteroatoms. The van der Waals surface area contributed by atoms with Gasteiger partial charge in [-0.25, -0.2) is 4.79 Å². The molecule has 0 bridgehead atoms. The Morgan fingerprint density at radius 2 is 2.53 bits per heavy atom. The van der Waals surface area contributed by atoms with Crippen LogP contribution in [0.1, 0.15) is 12.0 Å². The van der Waals surface area contributed by atoms with Crippen LogP contribution in [-0.2, 0) is 9.53 Å². The average molecular weight is 229 g/mol. The SMILES string of the molecule is N#CCCOC(=O)C1=Cc2cnccc2NC1. The summed E-state index contributed by atoms with van der Waals surface area (Å²) in [6.07, 6.45) is 5.35. The standard InChI is InChI=1S/C12H11N3O2/c13-3-1-5-17-12(16)10-6-9-7-14-4-2-11(9)15-8-10/h2,4,6-7,15H,1,5,8H2. The molecule has 17 heavy (non-hydrogen) atoms. The molecule has 0 fully saturated rings. The highest BCUT2D eigenvalue weighted by atomic mass is 16.5. The summed E-state index contributed by atoms with van der Waals surface area (Å²) in [6, 6.07) is 3.77. The molecule has 1 aromatic heterocycles. The molecule has 1 aliphatic heterocycles. The number of aromatic nitrogens is 1. The van der Waals surface area contributed by atoms with Crippen LogP contribution in [0.3, 0.4) is 0 Å². The second-order valence-electron chi connectivity index (χ2n) is 3.53. The van der Waals surface area contributed by atoms with Crippen molar-refractivity contribution < 1.29 is 9.53 Å². The van der Waals surface area contributed by atoms with Crippen molar-refractivity contribution in [2.24, 2.45) is 0 Å². The number of fused-ring (bicyclic) bond motifs is 1. The van der Waals surface area contributed by atoms with Crippen molar-refractivity contribution >= 4 is 17.7 Å². The Morgan fingerprint density at radius 3 is 3.35 bits per heavy atom. The number of rotatable bonds is 3. The first-order valence-corrected chi connectivity index (χ1v) is 5.24. The van der Waals surface area contributed by atoms with Gasteiger partial charge in [-0.2, -0.15) is 5.26 Å². The van der Waals surface area contributed by atoms with Gasteiger partial charge < -0.3 is 10.1 Å². The van der Waals surface area contributed by atoms with Crippen molar-refractivity contribution in [1.82, 2.24) is 4.98 Å². The number of hydrogen-bond acceptors (Lipinski definition) is 5. The van der Waals surface area contributed by atoms with E-state index in [2.05, 4.69) is 10.3 Å². The largest absolute Gasteiger partial charge is 0.461 e. The Morgan fingerprint density at radius 1 is 1.65 bits per heavy atom. The number of esters is 1. The molecular weight excluding hydrogens is 218 g/mol. The molecule has 0 aromatic carbocycles. The Labute approximate surface area is 98.7 Å². The van der Waals surface area contributed by atoms with Crippen LogP contribution in [0.2, 0.25) is 0 Å². The lowest BCUT2D eigenvalue weighted by molar-refractivity contribution is -0.138. The summed E-state index contributed by atoms with van der Waals surface area (Å²) in [5.41, 5.74) is 2.36. The molecule has 0 radical (unpaired) electrons. The van der Waals surface area contributed by atoms with Gasteiger partial charge in [0.15, 0.2) is 0 Å². The topological polar surface area (TPSA) is 75.0 Å². The molecule has 1 aromatic rings. The van der Waals surface area contributed by atoms with Crippen molar-refractivity contribution in [2.75, 3.05) is 18.5 Å². The minimum absolute atomic E-state index is 0.132. The second-order valence-corrected chi connectivity index (χ2v) is 3.53. The lowest BCUT2D eigenvalue weighted by Crippen LogP contribution is -2.19. The molecule has 1 aliphatic rings. The van der Waals surface area contributed by atoms with Crippen LogP contribution in [0.5, 0.6) is 0 Å². The summed E-state index contributed by atoms with van der Waals surface area (Å²) in [5.74, 6) is -0.387. The van der Waals surface area contributed by atoms with Crippen LogP contribution < -0.4 is 5.32 Å². The predicted octanol–water partition coefficient (Wildman–Crippen LogP) is 1.35. The quantitative estimate of drug-likeness (QED) is 0.625. The van der Waals surface area contributed by atoms with Gasteiger partial charge in [-0.1, -0.05) is 0 Å². The van der Waals surface area contributed by atoms with Gasteiger partial charge in [0.1, 0.15) is 6.61 Å². The van der Waals surface area contributed by atoms with Gasteiger partial charge >= 0.3 is 5.97 Å². The van der Waals surface area contributed by atoms with Gasteiger partial charge in [0, 0.05) is 30.2 Å². The maximum Gasteiger partial charge on any atom is 0.335 e. The molecule has 0 saturated heterocycles. The molecule has 0 aliphatic carbocycles. The fraction of sp³-hybridized carbons (Fsp3) is 0.250. The molecule has 0 atom stereocenters. The molecule has 0 saturated carbocycles. The maximum atomic E-state index is 11.6. The van der Waals surface area contributed by atoms with Crippen LogP contribution in [0.25, 0.3) is 6.08 Å². The van der Waals surface area contributed by atoms with E-state index in [0.29, 0.717) is 12.1 Å². The summed E-state index contributed by atoms with van der Waals surface area (Å²) in [6.45, 7) is 0.564. The molecule has 0 amide bonds. The maximum absolute atomic E-state index is 11.6. The highest BCUT2D eigenvalue weighted by Crippen LogP contribution is 2.22. The van der Waals surface area contributed by atoms with Crippen molar-refractivity contribution in [3.8, 4) is 6.07 Å². The van der Waals surface area contributed by atoms with Gasteiger partial charge in [0.2, 0.25) is 0 Å². The first kappa shape index (κ1) is 11.1. The van der Waals surface area contributed by atoms with E-state index < -0.39 is 0 Å². The van der Waals surface area contributed by atoms with E-state index in [1.165, 1.54) is 0 Å². The number of anilines is 1. The Bertz CT molecular complexity index is 503. The summed E-state index contributed by atoms with van der Waals surface area (Å²) in [7, 11) is 0. The minimum Gasteiger partial charge on any atom is -0.461 e. The highest BCUT2D eigenvalue weighted by molar-refractivity contribution is 5.97. The molecule has 0 unspecified atom stereocenters. The molecule has 86 valence electrons. The third kappa shape index (κ3) is 2.61. The van der Waals surface area contributed by atoms with Crippen molar-refractivity contribution in [2.45, 2.75) is 6.42 Å². The van der Waals surface area contributed by atoms with E-state index in [1.54, 1.807) is 18.5 Å². The fourth-order valence-corrected chi connectivity index (χ4v) is 1.53. The lowest BCUT2D eigenvalue weighted by Gasteiger charge is -2.16. The third-order valence-electron chi connectivity index (χ3n) is 2.36. The van der Waals surface area contributed by atoms with Crippen LogP contribution in [0, 0.1) is 11.3 Å². The monoisotopic (exact) mass is 229 g/mol. The minimum atomic E-state index is -0.387. The highest BCUT2D eigenvalue weighted by Gasteiger charge is 2.16. The van der Waals surface area contributed by atoms with Gasteiger partial charge in [-0.15, -0.1) is 0 Å². The normalized spacial score (nSPS) is 12.8. The van der Waals surface area contributed by atoms with Crippen LogP contribution >= 0.6 is 0 Å². The van der Waals surface area contributed by atoms with Crippen molar-refractivity contribution in [3.63, 3.8) is 0 Å². The zero-order valence-corrected chi connectivity index (χ0v) is 9.14. The van der Waals surface area contributed by atoms with Crippen LogP contribution in [-0.4, -0.2) is 24.1 Å². The Balaban J connectivity index is 2.07. The van der Waals surface area contributed by atoms with E-state index in [9.17, 15) is 4.79 Å². The third-order valence-corrected chi connectivity index (χ3v) is 2.36. The number of hydrogen-bond donors (Lipinski definition) is 1.